The molecule has 1 amide bonds. The highest BCUT2D eigenvalue weighted by molar-refractivity contribution is 7.90. The molecule has 8 nitrogen and oxygen atoms in total. The lowest BCUT2D eigenvalue weighted by Crippen LogP contribution is -2.38. The SMILES string of the molecule is O=C(O)CNC(=O)C1=CN2CCS(=O)(=O)N=C2C=C1. The van der Waals surface area contributed by atoms with E-state index in [1.54, 1.807) is 0 Å². The number of hydrogen-bond acceptors (Lipinski definition) is 5. The Kier molecular flexibility index (Phi) is 3.38. The quantitative estimate of drug-likeness (QED) is 0.664. The van der Waals surface area contributed by atoms with E-state index in [4.69, 9.17) is 5.11 Å². The maximum Gasteiger partial charge on any atom is 0.322 e. The van der Waals surface area contributed by atoms with E-state index in [1.807, 2.05) is 0 Å². The molecule has 0 aromatic rings. The molecule has 2 rings (SSSR count). The van der Waals surface area contributed by atoms with Gasteiger partial charge in [0.05, 0.1) is 11.3 Å². The minimum Gasteiger partial charge on any atom is -0.480 e. The van der Waals surface area contributed by atoms with Crippen LogP contribution in [0.25, 0.3) is 0 Å². The van der Waals surface area contributed by atoms with Gasteiger partial charge in [0, 0.05) is 12.7 Å². The number of hydrogen-bond donors (Lipinski definition) is 2. The fourth-order valence-electron chi connectivity index (χ4n) is 1.59. The first-order chi connectivity index (χ1) is 8.87. The van der Waals surface area contributed by atoms with E-state index in [1.165, 1.54) is 23.3 Å². The molecule has 19 heavy (non-hydrogen) atoms. The molecule has 9 heteroatoms. The lowest BCUT2D eigenvalue weighted by Gasteiger charge is -2.26. The Hall–Kier alpha value is -2.16. The van der Waals surface area contributed by atoms with Gasteiger partial charge in [-0.05, 0) is 12.2 Å². The molecule has 0 saturated heterocycles. The van der Waals surface area contributed by atoms with Gasteiger partial charge in [0.2, 0.25) is 0 Å². The van der Waals surface area contributed by atoms with Crippen molar-refractivity contribution >= 4 is 27.7 Å². The van der Waals surface area contributed by atoms with Crippen LogP contribution in [0, 0.1) is 0 Å². The van der Waals surface area contributed by atoms with Gasteiger partial charge in [-0.15, -0.1) is 4.40 Å². The zero-order valence-corrected chi connectivity index (χ0v) is 10.6. The molecule has 0 saturated carbocycles. The predicted molar refractivity (Wildman–Crippen MR) is 65.8 cm³/mol. The van der Waals surface area contributed by atoms with Crippen molar-refractivity contribution in [1.82, 2.24) is 10.2 Å². The van der Waals surface area contributed by atoms with Gasteiger partial charge in [0.1, 0.15) is 12.4 Å². The molecule has 0 aromatic heterocycles. The van der Waals surface area contributed by atoms with Gasteiger partial charge in [-0.1, -0.05) is 0 Å². The highest BCUT2D eigenvalue weighted by Gasteiger charge is 2.24. The molecule has 0 radical (unpaired) electrons. The molecule has 0 aliphatic carbocycles. The average Bonchev–Trinajstić information content (AvgIpc) is 2.34. The average molecular weight is 285 g/mol. The van der Waals surface area contributed by atoms with Gasteiger partial charge in [-0.2, -0.15) is 0 Å². The fraction of sp³-hybridized carbons (Fsp3) is 0.300. The highest BCUT2D eigenvalue weighted by Crippen LogP contribution is 2.15. The summed E-state index contributed by atoms with van der Waals surface area (Å²) in [7, 11) is -3.42. The van der Waals surface area contributed by atoms with Crippen molar-refractivity contribution in [1.29, 1.82) is 0 Å². The zero-order valence-electron chi connectivity index (χ0n) is 9.74. The molecular formula is C10H11N3O5S. The summed E-state index contributed by atoms with van der Waals surface area (Å²) in [6.45, 7) is -0.263. The maximum absolute atomic E-state index is 11.6. The molecular weight excluding hydrogens is 274 g/mol. The number of carbonyl (C=O) groups excluding carboxylic acids is 1. The number of nitrogens with one attached hydrogen (secondary N) is 1. The number of carbonyl (C=O) groups is 2. The van der Waals surface area contributed by atoms with Crippen LogP contribution in [0.4, 0.5) is 0 Å². The summed E-state index contributed by atoms with van der Waals surface area (Å²) in [5.41, 5.74) is 0.250. The molecule has 0 bridgehead atoms. The Labute approximate surface area is 109 Å². The van der Waals surface area contributed by atoms with E-state index in [-0.39, 0.29) is 23.7 Å². The monoisotopic (exact) mass is 285 g/mol. The summed E-state index contributed by atoms with van der Waals surface area (Å²) in [5, 5.41) is 10.7. The Morgan fingerprint density at radius 2 is 2.16 bits per heavy atom. The van der Waals surface area contributed by atoms with E-state index >= 15 is 0 Å². The van der Waals surface area contributed by atoms with Gasteiger partial charge in [-0.25, -0.2) is 8.42 Å². The first-order valence-corrected chi connectivity index (χ1v) is 6.97. The number of rotatable bonds is 3. The molecule has 0 unspecified atom stereocenters. The normalized spacial score (nSPS) is 20.1. The van der Waals surface area contributed by atoms with Crippen molar-refractivity contribution < 1.29 is 23.1 Å². The summed E-state index contributed by atoms with van der Waals surface area (Å²) in [4.78, 5) is 23.5. The minimum absolute atomic E-state index is 0.120. The van der Waals surface area contributed by atoms with Gasteiger partial charge in [-0.3, -0.25) is 9.59 Å². The standard InChI is InChI=1S/C10H11N3O5S/c14-9(15)5-11-10(16)7-1-2-8-12-19(17,18)4-3-13(8)6-7/h1-2,6H,3-5H2,(H,11,16)(H,14,15). The Bertz CT molecular complexity index is 617. The third kappa shape index (κ3) is 3.19. The van der Waals surface area contributed by atoms with E-state index < -0.39 is 28.4 Å². The molecule has 2 N–H and O–H groups in total. The van der Waals surface area contributed by atoms with Crippen LogP contribution in [0.3, 0.4) is 0 Å². The second kappa shape index (κ2) is 4.84. The van der Waals surface area contributed by atoms with Crippen molar-refractivity contribution in [3.63, 3.8) is 0 Å². The number of sulfonamides is 1. The lowest BCUT2D eigenvalue weighted by atomic mass is 10.2. The van der Waals surface area contributed by atoms with E-state index in [9.17, 15) is 18.0 Å². The Balaban J connectivity index is 2.13. The maximum atomic E-state index is 11.6. The number of carboxylic acid groups (broad SMARTS) is 1. The third-order valence-electron chi connectivity index (χ3n) is 2.49. The van der Waals surface area contributed by atoms with Crippen molar-refractivity contribution in [2.24, 2.45) is 4.40 Å². The van der Waals surface area contributed by atoms with Crippen molar-refractivity contribution in [2.75, 3.05) is 18.8 Å². The van der Waals surface area contributed by atoms with Crippen LogP contribution in [0.1, 0.15) is 0 Å². The Morgan fingerprint density at radius 1 is 1.42 bits per heavy atom. The van der Waals surface area contributed by atoms with Crippen LogP contribution < -0.4 is 5.32 Å². The topological polar surface area (TPSA) is 116 Å². The van der Waals surface area contributed by atoms with Crippen LogP contribution in [0.5, 0.6) is 0 Å². The number of amides is 1. The summed E-state index contributed by atoms with van der Waals surface area (Å²) in [5.74, 6) is -1.54. The van der Waals surface area contributed by atoms with Crippen LogP contribution >= 0.6 is 0 Å². The number of aliphatic carboxylic acids is 1. The van der Waals surface area contributed by atoms with Gasteiger partial charge < -0.3 is 15.3 Å². The second-order valence-electron chi connectivity index (χ2n) is 3.92. The van der Waals surface area contributed by atoms with Crippen molar-refractivity contribution in [3.8, 4) is 0 Å². The zero-order chi connectivity index (χ0) is 14.0. The number of fused-ring (bicyclic) bond motifs is 1. The van der Waals surface area contributed by atoms with Gasteiger partial charge in [0.25, 0.3) is 15.9 Å². The smallest absolute Gasteiger partial charge is 0.322 e. The summed E-state index contributed by atoms with van der Waals surface area (Å²) >= 11 is 0. The van der Waals surface area contributed by atoms with Crippen LogP contribution in [-0.2, 0) is 19.6 Å². The fourth-order valence-corrected chi connectivity index (χ4v) is 2.56. The summed E-state index contributed by atoms with van der Waals surface area (Å²) < 4.78 is 26.1. The molecule has 2 aliphatic rings. The molecule has 2 aliphatic heterocycles. The molecule has 2 heterocycles. The van der Waals surface area contributed by atoms with Crippen LogP contribution in [0.2, 0.25) is 0 Å². The van der Waals surface area contributed by atoms with Crippen LogP contribution in [-0.4, -0.2) is 55.0 Å². The lowest BCUT2D eigenvalue weighted by molar-refractivity contribution is -0.137. The molecule has 102 valence electrons. The van der Waals surface area contributed by atoms with Gasteiger partial charge in [0.15, 0.2) is 0 Å². The third-order valence-corrected chi connectivity index (χ3v) is 3.65. The van der Waals surface area contributed by atoms with E-state index in [0.29, 0.717) is 0 Å². The van der Waals surface area contributed by atoms with Gasteiger partial charge >= 0.3 is 5.97 Å². The molecule has 0 spiro atoms. The molecule has 0 fully saturated rings. The van der Waals surface area contributed by atoms with E-state index in [2.05, 4.69) is 9.71 Å². The number of amidine groups is 1. The van der Waals surface area contributed by atoms with E-state index in [0.717, 1.165) is 0 Å². The second-order valence-corrected chi connectivity index (χ2v) is 5.68. The minimum atomic E-state index is -3.42. The largest absolute Gasteiger partial charge is 0.480 e. The summed E-state index contributed by atoms with van der Waals surface area (Å²) in [6.07, 6.45) is 4.25. The Morgan fingerprint density at radius 3 is 2.84 bits per heavy atom. The first kappa shape index (κ1) is 13.3. The molecule has 0 aromatic carbocycles. The molecule has 0 atom stereocenters. The highest BCUT2D eigenvalue weighted by atomic mass is 32.2. The number of nitrogens with zero attached hydrogens (tertiary/aromatic N) is 2. The number of carboxylic acids is 1. The van der Waals surface area contributed by atoms with Crippen molar-refractivity contribution in [3.05, 3.63) is 23.9 Å². The summed E-state index contributed by atoms with van der Waals surface area (Å²) in [6, 6.07) is 0. The van der Waals surface area contributed by atoms with Crippen molar-refractivity contribution in [2.45, 2.75) is 0 Å². The first-order valence-electron chi connectivity index (χ1n) is 5.36. The predicted octanol–water partition coefficient (Wildman–Crippen LogP) is -1.32. The van der Waals surface area contributed by atoms with Crippen LogP contribution in [0.15, 0.2) is 28.3 Å².